The molecule has 1 aromatic carbocycles. The molecule has 0 bridgehead atoms. The maximum Gasteiger partial charge on any atom is 0.335 e. The van der Waals surface area contributed by atoms with Gasteiger partial charge in [0.25, 0.3) is 0 Å². The second-order valence-corrected chi connectivity index (χ2v) is 3.96. The second kappa shape index (κ2) is 4.59. The van der Waals surface area contributed by atoms with Crippen LogP contribution in [0.15, 0.2) is 24.3 Å². The third kappa shape index (κ3) is 2.31. The van der Waals surface area contributed by atoms with Crippen molar-refractivity contribution in [2.75, 3.05) is 0 Å². The van der Waals surface area contributed by atoms with E-state index < -0.39 is 5.97 Å². The van der Waals surface area contributed by atoms with Crippen LogP contribution < -0.4 is 0 Å². The van der Waals surface area contributed by atoms with E-state index in [4.69, 9.17) is 16.7 Å². The zero-order valence-corrected chi connectivity index (χ0v) is 9.95. The molecule has 0 saturated carbocycles. The molecule has 0 unspecified atom stereocenters. The highest BCUT2D eigenvalue weighted by Crippen LogP contribution is 2.25. The molecule has 0 atom stereocenters. The minimum atomic E-state index is -0.945. The number of carboxylic acid groups (broad SMARTS) is 1. The average molecular weight is 251 g/mol. The van der Waals surface area contributed by atoms with Crippen molar-refractivity contribution < 1.29 is 9.90 Å². The first-order valence-corrected chi connectivity index (χ1v) is 5.57. The van der Waals surface area contributed by atoms with E-state index in [0.717, 1.165) is 17.8 Å². The number of halogens is 1. The number of benzene rings is 1. The van der Waals surface area contributed by atoms with Gasteiger partial charge in [-0.25, -0.2) is 9.78 Å². The lowest BCUT2D eigenvalue weighted by molar-refractivity contribution is 0.0697. The Labute approximate surface area is 103 Å². The number of aryl methyl sites for hydroxylation is 1. The first kappa shape index (κ1) is 11.7. The van der Waals surface area contributed by atoms with Gasteiger partial charge in [0.15, 0.2) is 0 Å². The first-order chi connectivity index (χ1) is 8.11. The molecule has 2 N–H and O–H groups in total. The Morgan fingerprint density at radius 1 is 1.41 bits per heavy atom. The number of hydrogen-bond acceptors (Lipinski definition) is 2. The van der Waals surface area contributed by atoms with Crippen molar-refractivity contribution in [3.8, 4) is 11.3 Å². The van der Waals surface area contributed by atoms with Crippen LogP contribution in [-0.4, -0.2) is 21.0 Å². The number of carboxylic acids is 1. The molecule has 5 heteroatoms. The average Bonchev–Trinajstić information content (AvgIpc) is 2.71. The summed E-state index contributed by atoms with van der Waals surface area (Å²) >= 11 is 6.03. The van der Waals surface area contributed by atoms with E-state index in [2.05, 4.69) is 9.97 Å². The highest BCUT2D eigenvalue weighted by molar-refractivity contribution is 6.31. The van der Waals surface area contributed by atoms with Crippen LogP contribution in [0, 0.1) is 0 Å². The summed E-state index contributed by atoms with van der Waals surface area (Å²) in [5, 5.41) is 9.27. The smallest absolute Gasteiger partial charge is 0.335 e. The van der Waals surface area contributed by atoms with Crippen molar-refractivity contribution in [3.63, 3.8) is 0 Å². The monoisotopic (exact) mass is 250 g/mol. The summed E-state index contributed by atoms with van der Waals surface area (Å²) in [4.78, 5) is 18.0. The number of nitrogens with zero attached hydrogens (tertiary/aromatic N) is 1. The van der Waals surface area contributed by atoms with Crippen molar-refractivity contribution in [1.82, 2.24) is 9.97 Å². The van der Waals surface area contributed by atoms with Gasteiger partial charge in [-0.3, -0.25) is 0 Å². The number of rotatable bonds is 3. The van der Waals surface area contributed by atoms with Gasteiger partial charge in [-0.05, 0) is 12.1 Å². The molecule has 0 spiro atoms. The van der Waals surface area contributed by atoms with Crippen molar-refractivity contribution in [2.24, 2.45) is 0 Å². The van der Waals surface area contributed by atoms with E-state index in [1.165, 1.54) is 12.1 Å². The fraction of sp³-hybridized carbons (Fsp3) is 0.167. The predicted molar refractivity (Wildman–Crippen MR) is 65.4 cm³/mol. The third-order valence-corrected chi connectivity index (χ3v) is 2.72. The van der Waals surface area contributed by atoms with Crippen LogP contribution in [0.25, 0.3) is 11.3 Å². The lowest BCUT2D eigenvalue weighted by Gasteiger charge is -1.98. The van der Waals surface area contributed by atoms with E-state index in [9.17, 15) is 4.79 Å². The van der Waals surface area contributed by atoms with Crippen LogP contribution in [0.4, 0.5) is 0 Å². The van der Waals surface area contributed by atoms with Crippen LogP contribution in [0.2, 0.25) is 5.15 Å². The summed E-state index contributed by atoms with van der Waals surface area (Å²) in [6.45, 7) is 1.98. The first-order valence-electron chi connectivity index (χ1n) is 5.20. The highest BCUT2D eigenvalue weighted by Gasteiger charge is 2.10. The Morgan fingerprint density at radius 3 is 2.53 bits per heavy atom. The molecule has 1 heterocycles. The summed E-state index contributed by atoms with van der Waals surface area (Å²) in [5.74, 6) is -0.133. The molecular formula is C12H11ClN2O2. The van der Waals surface area contributed by atoms with Gasteiger partial charge < -0.3 is 10.1 Å². The highest BCUT2D eigenvalue weighted by atomic mass is 35.5. The maximum absolute atomic E-state index is 10.7. The van der Waals surface area contributed by atoms with Crippen LogP contribution in [0.1, 0.15) is 23.1 Å². The molecule has 0 fully saturated rings. The summed E-state index contributed by atoms with van der Waals surface area (Å²) in [7, 11) is 0. The maximum atomic E-state index is 10.7. The number of hydrogen-bond donors (Lipinski definition) is 2. The van der Waals surface area contributed by atoms with E-state index in [1.54, 1.807) is 12.1 Å². The molecule has 0 amide bonds. The lowest BCUT2D eigenvalue weighted by Crippen LogP contribution is -1.95. The van der Waals surface area contributed by atoms with E-state index in [0.29, 0.717) is 10.8 Å². The summed E-state index contributed by atoms with van der Waals surface area (Å²) in [5.41, 5.74) is 1.70. The normalized spacial score (nSPS) is 10.5. The Hall–Kier alpha value is -1.81. The molecule has 17 heavy (non-hydrogen) atoms. The lowest BCUT2D eigenvalue weighted by atomic mass is 10.1. The van der Waals surface area contributed by atoms with Crippen molar-refractivity contribution in [3.05, 3.63) is 40.8 Å². The van der Waals surface area contributed by atoms with Crippen LogP contribution in [-0.2, 0) is 6.42 Å². The van der Waals surface area contributed by atoms with Crippen molar-refractivity contribution >= 4 is 17.6 Å². The number of H-pyrrole nitrogens is 1. The number of aromatic amines is 1. The SMILES string of the molecule is CCc1nc(-c2ccc(C(=O)O)cc2)c(Cl)[nH]1. The quantitative estimate of drug-likeness (QED) is 0.880. The number of nitrogens with one attached hydrogen (secondary N) is 1. The molecule has 4 nitrogen and oxygen atoms in total. The Bertz CT molecular complexity index is 546. The summed E-state index contributed by atoms with van der Waals surface area (Å²) < 4.78 is 0. The van der Waals surface area contributed by atoms with Crippen molar-refractivity contribution in [1.29, 1.82) is 0 Å². The van der Waals surface area contributed by atoms with E-state index in [1.807, 2.05) is 6.92 Å². The van der Waals surface area contributed by atoms with Gasteiger partial charge in [0.05, 0.1) is 5.56 Å². The molecule has 2 rings (SSSR count). The number of imidazole rings is 1. The molecule has 2 aromatic rings. The molecule has 0 aliphatic rings. The van der Waals surface area contributed by atoms with Gasteiger partial charge in [-0.2, -0.15) is 0 Å². The molecule has 0 aliphatic heterocycles. The Morgan fingerprint density at radius 2 is 2.06 bits per heavy atom. The number of carbonyl (C=O) groups is 1. The Balaban J connectivity index is 2.39. The predicted octanol–water partition coefficient (Wildman–Crippen LogP) is 2.99. The summed E-state index contributed by atoms with van der Waals surface area (Å²) in [6.07, 6.45) is 0.771. The largest absolute Gasteiger partial charge is 0.478 e. The van der Waals surface area contributed by atoms with Gasteiger partial charge in [0, 0.05) is 12.0 Å². The van der Waals surface area contributed by atoms with Gasteiger partial charge in [0.1, 0.15) is 16.7 Å². The molecule has 0 saturated heterocycles. The molecular weight excluding hydrogens is 240 g/mol. The van der Waals surface area contributed by atoms with Gasteiger partial charge >= 0.3 is 5.97 Å². The van der Waals surface area contributed by atoms with Gasteiger partial charge in [-0.15, -0.1) is 0 Å². The van der Waals surface area contributed by atoms with Crippen LogP contribution in [0.3, 0.4) is 0 Å². The minimum Gasteiger partial charge on any atom is -0.478 e. The molecule has 0 radical (unpaired) electrons. The number of aromatic carboxylic acids is 1. The van der Waals surface area contributed by atoms with Gasteiger partial charge in [-0.1, -0.05) is 30.7 Å². The van der Waals surface area contributed by atoms with Crippen LogP contribution in [0.5, 0.6) is 0 Å². The zero-order valence-electron chi connectivity index (χ0n) is 9.20. The van der Waals surface area contributed by atoms with E-state index in [-0.39, 0.29) is 5.56 Å². The topological polar surface area (TPSA) is 66.0 Å². The standard InChI is InChI=1S/C12H11ClN2O2/c1-2-9-14-10(11(13)15-9)7-3-5-8(6-4-7)12(16)17/h3-6H,2H2,1H3,(H,14,15)(H,16,17). The van der Waals surface area contributed by atoms with Gasteiger partial charge in [0.2, 0.25) is 0 Å². The minimum absolute atomic E-state index is 0.246. The molecule has 0 aliphatic carbocycles. The third-order valence-electron chi connectivity index (χ3n) is 2.45. The molecule has 1 aromatic heterocycles. The fourth-order valence-corrected chi connectivity index (χ4v) is 1.79. The van der Waals surface area contributed by atoms with E-state index >= 15 is 0 Å². The Kier molecular flexibility index (Phi) is 3.15. The van der Waals surface area contributed by atoms with Crippen LogP contribution >= 0.6 is 11.6 Å². The fourth-order valence-electron chi connectivity index (χ4n) is 1.53. The zero-order chi connectivity index (χ0) is 12.4. The summed E-state index contributed by atoms with van der Waals surface area (Å²) in [6, 6.07) is 6.47. The number of aromatic nitrogens is 2. The molecule has 88 valence electrons. The second-order valence-electron chi connectivity index (χ2n) is 3.58. The van der Waals surface area contributed by atoms with Crippen molar-refractivity contribution in [2.45, 2.75) is 13.3 Å².